The van der Waals surface area contributed by atoms with E-state index < -0.39 is 11.5 Å². The Morgan fingerprint density at radius 3 is 2.73 bits per heavy atom. The highest BCUT2D eigenvalue weighted by Gasteiger charge is 2.22. The van der Waals surface area contributed by atoms with Crippen molar-refractivity contribution in [3.05, 3.63) is 81.1 Å². The molecule has 7 nitrogen and oxygen atoms in total. The number of rotatable bonds is 13. The number of nitrogens with one attached hydrogen (secondary N) is 2. The zero-order valence-corrected chi connectivity index (χ0v) is 27.6. The van der Waals surface area contributed by atoms with Gasteiger partial charge in [0.15, 0.2) is 5.82 Å². The molecule has 0 radical (unpaired) electrons. The third-order valence-electron chi connectivity index (χ3n) is 8.55. The minimum atomic E-state index is -0.487. The number of hydrogen-bond acceptors (Lipinski definition) is 4. The Morgan fingerprint density at radius 2 is 1.98 bits per heavy atom. The van der Waals surface area contributed by atoms with Crippen molar-refractivity contribution in [2.24, 2.45) is 16.6 Å². The maximum Gasteiger partial charge on any atom is 0.354 e. The molecule has 0 aliphatic carbocycles. The number of halogens is 3. The smallest absolute Gasteiger partial charge is 0.354 e. The number of hydrogen-bond donors (Lipinski definition) is 3. The molecule has 4 aromatic rings. The van der Waals surface area contributed by atoms with Crippen LogP contribution in [0.2, 0.25) is 5.02 Å². The van der Waals surface area contributed by atoms with E-state index in [0.29, 0.717) is 52.5 Å². The van der Waals surface area contributed by atoms with Crippen molar-refractivity contribution in [2.75, 3.05) is 12.4 Å². The fraction of sp³-hybridized carbons (Fsp3) is 0.457. The number of benzene rings is 2. The van der Waals surface area contributed by atoms with Gasteiger partial charge in [-0.15, -0.1) is 11.6 Å². The quantitative estimate of drug-likeness (QED) is 0.0771. The summed E-state index contributed by atoms with van der Waals surface area (Å²) in [6, 6.07) is 14.0. The van der Waals surface area contributed by atoms with E-state index in [1.165, 1.54) is 10.1 Å². The molecule has 0 spiro atoms. The number of H-pyrrole nitrogens is 1. The second kappa shape index (κ2) is 15.4. The number of amidine groups is 1. The van der Waals surface area contributed by atoms with Crippen LogP contribution in [0, 0.1) is 11.7 Å². The Morgan fingerprint density at radius 1 is 1.18 bits per heavy atom. The van der Waals surface area contributed by atoms with E-state index in [9.17, 15) is 4.79 Å². The van der Waals surface area contributed by atoms with Crippen LogP contribution in [0.3, 0.4) is 0 Å². The highest BCUT2D eigenvalue weighted by molar-refractivity contribution is 6.31. The van der Waals surface area contributed by atoms with Crippen molar-refractivity contribution in [3.63, 3.8) is 0 Å². The fourth-order valence-electron chi connectivity index (χ4n) is 6.09. The summed E-state index contributed by atoms with van der Waals surface area (Å²) in [7, 11) is 0. The molecule has 1 fully saturated rings. The van der Waals surface area contributed by atoms with Crippen molar-refractivity contribution >= 4 is 40.1 Å². The van der Waals surface area contributed by atoms with Crippen LogP contribution in [0.4, 0.5) is 4.39 Å². The van der Waals surface area contributed by atoms with Gasteiger partial charge in [0.1, 0.15) is 5.65 Å². The summed E-state index contributed by atoms with van der Waals surface area (Å²) in [5.41, 5.74) is 9.78. The second-order valence-electron chi connectivity index (χ2n) is 12.5. The van der Waals surface area contributed by atoms with Crippen LogP contribution in [0.5, 0.6) is 0 Å². The van der Waals surface area contributed by atoms with Gasteiger partial charge in [-0.05, 0) is 85.9 Å². The average molecular weight is 654 g/mol. The highest BCUT2D eigenvalue weighted by atomic mass is 35.5. The molecule has 0 unspecified atom stereocenters. The number of aryl methyl sites for hydroxylation is 1. The van der Waals surface area contributed by atoms with Gasteiger partial charge in [0.2, 0.25) is 0 Å². The molecule has 0 bridgehead atoms. The molecule has 3 heterocycles. The van der Waals surface area contributed by atoms with Gasteiger partial charge in [0, 0.05) is 48.1 Å². The molecule has 2 atom stereocenters. The lowest BCUT2D eigenvalue weighted by Gasteiger charge is -2.31. The zero-order chi connectivity index (χ0) is 31.9. The highest BCUT2D eigenvalue weighted by Crippen LogP contribution is 2.32. The number of aromatic nitrogens is 3. The summed E-state index contributed by atoms with van der Waals surface area (Å²) in [5, 5.41) is 4.57. The van der Waals surface area contributed by atoms with Gasteiger partial charge < -0.3 is 16.0 Å². The number of nitrogens with two attached hydrogens (primary N) is 1. The maximum absolute atomic E-state index is 15.2. The van der Waals surface area contributed by atoms with E-state index in [4.69, 9.17) is 28.9 Å². The first kappa shape index (κ1) is 33.2. The predicted octanol–water partition coefficient (Wildman–Crippen LogP) is 8.10. The SMILES string of the molecule is CC(C)CCCc1cc(Cl)c(F)c(-c2cc3cn(-c4ccc([C@@H]5CCC[C@@H](CCN=C(N)CCCCl)N5)cc4)c(=O)nc3[nH]2)c1. The molecule has 2 aromatic heterocycles. The number of aliphatic imine (C=N–C) groups is 1. The van der Waals surface area contributed by atoms with Crippen LogP contribution in [0.1, 0.15) is 82.4 Å². The molecule has 240 valence electrons. The molecular weight excluding hydrogens is 610 g/mol. The molecule has 1 aliphatic rings. The number of aromatic amines is 1. The lowest BCUT2D eigenvalue weighted by atomic mass is 9.92. The molecule has 2 aromatic carbocycles. The van der Waals surface area contributed by atoms with Crippen LogP contribution >= 0.6 is 23.2 Å². The van der Waals surface area contributed by atoms with E-state index in [0.717, 1.165) is 69.0 Å². The number of nitrogens with zero attached hydrogens (tertiary/aromatic N) is 3. The van der Waals surface area contributed by atoms with Gasteiger partial charge in [-0.1, -0.05) is 50.4 Å². The van der Waals surface area contributed by atoms with Crippen molar-refractivity contribution in [1.29, 1.82) is 0 Å². The molecule has 0 amide bonds. The minimum absolute atomic E-state index is 0.0911. The normalized spacial score (nSPS) is 17.4. The monoisotopic (exact) mass is 652 g/mol. The number of alkyl halides is 1. The van der Waals surface area contributed by atoms with E-state index in [-0.39, 0.29) is 11.1 Å². The third-order valence-corrected chi connectivity index (χ3v) is 9.09. The van der Waals surface area contributed by atoms with Crippen LogP contribution in [-0.4, -0.2) is 38.8 Å². The summed E-state index contributed by atoms with van der Waals surface area (Å²) in [4.78, 5) is 25.0. The van der Waals surface area contributed by atoms with Gasteiger partial charge in [-0.3, -0.25) is 9.56 Å². The molecular formula is C35H43Cl2FN6O. The Kier molecular flexibility index (Phi) is 11.3. The standard InChI is InChI=1S/C35H43Cl2FN6O/c1-22(2)6-3-7-23-18-28(33(38)29(37)19-23)31-20-25-21-44(35(45)43-34(25)42-31)27-13-11-24(12-14-27)30-9-4-8-26(41-30)15-17-40-32(39)10-5-16-36/h11-14,18-22,26,30,41H,3-10,15-17H2,1-2H3,(H2,39,40)(H,42,43,45)/t26-,30-/m0/s1. The fourth-order valence-corrected chi connectivity index (χ4v) is 6.47. The molecule has 1 saturated heterocycles. The molecule has 5 rings (SSSR count). The van der Waals surface area contributed by atoms with Gasteiger partial charge >= 0.3 is 5.69 Å². The molecule has 4 N–H and O–H groups in total. The van der Waals surface area contributed by atoms with Gasteiger partial charge in [0.05, 0.1) is 22.2 Å². The zero-order valence-electron chi connectivity index (χ0n) is 26.1. The summed E-state index contributed by atoms with van der Waals surface area (Å²) >= 11 is 12.0. The van der Waals surface area contributed by atoms with E-state index in [1.54, 1.807) is 12.3 Å². The lowest BCUT2D eigenvalue weighted by molar-refractivity contribution is 0.315. The summed E-state index contributed by atoms with van der Waals surface area (Å²) in [6.07, 6.45) is 10.5. The topological polar surface area (TPSA) is 101 Å². The first-order valence-electron chi connectivity index (χ1n) is 16.0. The molecule has 1 aliphatic heterocycles. The number of fused-ring (bicyclic) bond motifs is 1. The Balaban J connectivity index is 1.30. The van der Waals surface area contributed by atoms with Gasteiger partial charge in [-0.25, -0.2) is 9.18 Å². The maximum atomic E-state index is 15.2. The van der Waals surface area contributed by atoms with Crippen LogP contribution in [0.25, 0.3) is 28.0 Å². The second-order valence-corrected chi connectivity index (χ2v) is 13.3. The van der Waals surface area contributed by atoms with Crippen LogP contribution < -0.4 is 16.7 Å². The Hall–Kier alpha value is -3.20. The Labute approximate surface area is 274 Å². The molecule has 45 heavy (non-hydrogen) atoms. The molecule has 10 heteroatoms. The first-order valence-corrected chi connectivity index (χ1v) is 16.9. The summed E-state index contributed by atoms with van der Waals surface area (Å²) in [5.74, 6) is 1.39. The van der Waals surface area contributed by atoms with Crippen molar-refractivity contribution < 1.29 is 4.39 Å². The van der Waals surface area contributed by atoms with E-state index in [2.05, 4.69) is 46.3 Å². The summed E-state index contributed by atoms with van der Waals surface area (Å²) < 4.78 is 16.7. The predicted molar refractivity (Wildman–Crippen MR) is 184 cm³/mol. The lowest BCUT2D eigenvalue weighted by Crippen LogP contribution is -2.37. The Bertz CT molecular complexity index is 1680. The van der Waals surface area contributed by atoms with Crippen molar-refractivity contribution in [1.82, 2.24) is 19.9 Å². The van der Waals surface area contributed by atoms with Crippen molar-refractivity contribution in [3.8, 4) is 16.9 Å². The van der Waals surface area contributed by atoms with Crippen LogP contribution in [0.15, 0.2) is 58.4 Å². The summed E-state index contributed by atoms with van der Waals surface area (Å²) in [6.45, 7) is 5.09. The minimum Gasteiger partial charge on any atom is -0.387 e. The number of piperidine rings is 1. The van der Waals surface area contributed by atoms with E-state index >= 15 is 4.39 Å². The third kappa shape index (κ3) is 8.54. The van der Waals surface area contributed by atoms with Gasteiger partial charge in [0.25, 0.3) is 0 Å². The molecule has 0 saturated carbocycles. The van der Waals surface area contributed by atoms with Crippen LogP contribution in [-0.2, 0) is 6.42 Å². The van der Waals surface area contributed by atoms with Crippen molar-refractivity contribution in [2.45, 2.75) is 83.7 Å². The van der Waals surface area contributed by atoms with E-state index in [1.807, 2.05) is 24.3 Å². The van der Waals surface area contributed by atoms with Gasteiger partial charge in [-0.2, -0.15) is 4.98 Å². The first-order chi connectivity index (χ1) is 21.7. The largest absolute Gasteiger partial charge is 0.387 e. The average Bonchev–Trinajstić information content (AvgIpc) is 3.44.